The van der Waals surface area contributed by atoms with E-state index in [-0.39, 0.29) is 30.3 Å². The zero-order valence-corrected chi connectivity index (χ0v) is 34.8. The number of aliphatic hydroxyl groups is 2. The van der Waals surface area contributed by atoms with Crippen molar-refractivity contribution in [3.63, 3.8) is 0 Å². The van der Waals surface area contributed by atoms with Gasteiger partial charge in [0.05, 0.1) is 29.2 Å². The van der Waals surface area contributed by atoms with E-state index in [1.165, 1.54) is 12.1 Å². The summed E-state index contributed by atoms with van der Waals surface area (Å²) in [6.07, 6.45) is 11.8. The Morgan fingerprint density at radius 3 is 2.47 bits per heavy atom. The lowest BCUT2D eigenvalue weighted by atomic mass is 9.71. The van der Waals surface area contributed by atoms with Gasteiger partial charge in [-0.3, -0.25) is 19.7 Å². The van der Waals surface area contributed by atoms with E-state index in [9.17, 15) is 29.9 Å². The summed E-state index contributed by atoms with van der Waals surface area (Å²) in [6, 6.07) is 6.24. The van der Waals surface area contributed by atoms with Crippen molar-refractivity contribution in [3.8, 4) is 0 Å². The first kappa shape index (κ1) is 42.4. The Bertz CT molecular complexity index is 1840. The van der Waals surface area contributed by atoms with Gasteiger partial charge in [0.15, 0.2) is 5.79 Å². The van der Waals surface area contributed by atoms with E-state index in [1.54, 1.807) is 37.3 Å². The summed E-state index contributed by atoms with van der Waals surface area (Å²) in [6.45, 7) is 12.2. The molecule has 4 heterocycles. The molecule has 1 aromatic rings. The second-order valence-electron chi connectivity index (χ2n) is 18.0. The fourth-order valence-electron chi connectivity index (χ4n) is 10.7. The molecule has 1 aromatic carbocycles. The van der Waals surface area contributed by atoms with Gasteiger partial charge in [-0.25, -0.2) is 0 Å². The van der Waals surface area contributed by atoms with Crippen molar-refractivity contribution in [3.05, 3.63) is 87.0 Å². The van der Waals surface area contributed by atoms with E-state index in [2.05, 4.69) is 26.8 Å². The van der Waals surface area contributed by atoms with Gasteiger partial charge in [0.2, 0.25) is 0 Å². The molecule has 12 heteroatoms. The summed E-state index contributed by atoms with van der Waals surface area (Å²) in [5.74, 6) is -2.54. The zero-order valence-electron chi connectivity index (χ0n) is 34.8. The van der Waals surface area contributed by atoms with Crippen molar-refractivity contribution < 1.29 is 48.4 Å². The maximum atomic E-state index is 14.5. The predicted molar refractivity (Wildman–Crippen MR) is 215 cm³/mol. The van der Waals surface area contributed by atoms with Gasteiger partial charge < -0.3 is 33.9 Å². The molecule has 2 N–H and O–H groups in total. The topological polar surface area (TPSA) is 164 Å². The summed E-state index contributed by atoms with van der Waals surface area (Å²) in [5, 5.41) is 35.0. The lowest BCUT2D eigenvalue weighted by Crippen LogP contribution is -2.58. The van der Waals surface area contributed by atoms with Crippen molar-refractivity contribution >= 4 is 17.6 Å². The normalized spacial score (nSPS) is 40.5. The number of esters is 2. The summed E-state index contributed by atoms with van der Waals surface area (Å²) < 4.78 is 32.6. The summed E-state index contributed by atoms with van der Waals surface area (Å²) in [4.78, 5) is 39.8. The highest BCUT2D eigenvalue weighted by molar-refractivity contribution is 5.84. The van der Waals surface area contributed by atoms with Crippen molar-refractivity contribution in [2.75, 3.05) is 6.61 Å². The molecule has 58 heavy (non-hydrogen) atoms. The number of hydrogen-bond acceptors (Lipinski definition) is 11. The SMILES string of the molecule is CCC(C)[C@H]1CC[C@]2(C[C@@H]3C[C@@H](C/C=C(\C)[C@@H](OC(=O)C4(c5ccc([N+](=O)[O-])cc5)CCCC4)[C@@H](C)/C=C/C=C4\CO[C@@H]5[C@H](O)C(C)=C[C@@H](C(=O)O3)[C@]45O)O2)O[C@@H]1C. The first-order chi connectivity index (χ1) is 27.6. The molecule has 0 amide bonds. The maximum Gasteiger partial charge on any atom is 0.317 e. The monoisotopic (exact) mass is 803 g/mol. The van der Waals surface area contributed by atoms with Gasteiger partial charge in [-0.1, -0.05) is 82.5 Å². The molecule has 0 aromatic heterocycles. The van der Waals surface area contributed by atoms with E-state index in [4.69, 9.17) is 23.7 Å². The summed E-state index contributed by atoms with van der Waals surface area (Å²) >= 11 is 0. The highest BCUT2D eigenvalue weighted by Crippen LogP contribution is 2.49. The number of nitro benzene ring substituents is 1. The van der Waals surface area contributed by atoms with Gasteiger partial charge in [-0.2, -0.15) is 0 Å². The second-order valence-corrected chi connectivity index (χ2v) is 18.0. The third-order valence-corrected chi connectivity index (χ3v) is 14.3. The third-order valence-electron chi connectivity index (χ3n) is 14.3. The highest BCUT2D eigenvalue weighted by atomic mass is 16.7. The fraction of sp³-hybridized carbons (Fsp3) is 0.652. The standard InChI is InChI=1S/C46H61NO11/c1-7-27(2)37-19-22-45(57-31(37)6)25-36-24-35(58-45)18-13-29(4)40(56-43(50)44(20-8-9-21-44)32-14-16-34(17-15-32)47(52)53)28(3)11-10-12-33-26-54-41-39(48)30(5)23-38(42(49)55-36)46(33,41)51/h10-17,23,27-28,31,35-41,48,51H,7-9,18-22,24-26H2,1-6H3/b11-10+,29-13+,33-12+/t27?,28-,31+,35+,36-,37+,38-,39+,40-,41+,45-,46+/m0/s1. The lowest BCUT2D eigenvalue weighted by Gasteiger charge is -2.50. The van der Waals surface area contributed by atoms with Crippen LogP contribution in [0.5, 0.6) is 0 Å². The number of benzene rings is 1. The van der Waals surface area contributed by atoms with Crippen molar-refractivity contribution in [1.82, 2.24) is 0 Å². The maximum absolute atomic E-state index is 14.5. The van der Waals surface area contributed by atoms with E-state index >= 15 is 0 Å². The Kier molecular flexibility index (Phi) is 12.3. The van der Waals surface area contributed by atoms with Gasteiger partial charge in [-0.15, -0.1) is 0 Å². The average molecular weight is 804 g/mol. The van der Waals surface area contributed by atoms with Crippen LogP contribution in [-0.4, -0.2) is 81.7 Å². The number of fused-ring (bicyclic) bond motifs is 2. The number of ether oxygens (including phenoxy) is 5. The van der Waals surface area contributed by atoms with Crippen LogP contribution >= 0.6 is 0 Å². The number of nitrogens with zero attached hydrogens (tertiary/aromatic N) is 1. The molecule has 12 atom stereocenters. The molecular formula is C46H61NO11. The molecule has 1 unspecified atom stereocenters. The first-order valence-electron chi connectivity index (χ1n) is 21.4. The van der Waals surface area contributed by atoms with Gasteiger partial charge in [0, 0.05) is 37.3 Å². The number of allylic oxidation sites excluding steroid dienone is 2. The quantitative estimate of drug-likeness (QED) is 0.127. The molecule has 7 rings (SSSR count). The Morgan fingerprint density at radius 1 is 1.07 bits per heavy atom. The summed E-state index contributed by atoms with van der Waals surface area (Å²) in [5.41, 5.74) is -0.335. The van der Waals surface area contributed by atoms with Gasteiger partial charge in [-0.05, 0) is 80.6 Å². The van der Waals surface area contributed by atoms with E-state index in [1.807, 2.05) is 19.9 Å². The average Bonchev–Trinajstić information content (AvgIpc) is 3.83. The molecule has 316 valence electrons. The van der Waals surface area contributed by atoms with Crippen LogP contribution in [0.3, 0.4) is 0 Å². The van der Waals surface area contributed by atoms with E-state index in [0.29, 0.717) is 67.1 Å². The second kappa shape index (κ2) is 16.8. The van der Waals surface area contributed by atoms with Gasteiger partial charge in [0.25, 0.3) is 5.69 Å². The van der Waals surface area contributed by atoms with Crippen LogP contribution in [0, 0.1) is 33.8 Å². The minimum atomic E-state index is -1.86. The van der Waals surface area contributed by atoms with Crippen molar-refractivity contribution in [2.45, 2.75) is 159 Å². The van der Waals surface area contributed by atoms with Crippen LogP contribution in [0.25, 0.3) is 0 Å². The number of nitro groups is 1. The fourth-order valence-corrected chi connectivity index (χ4v) is 10.7. The lowest BCUT2D eigenvalue weighted by molar-refractivity contribution is -0.384. The molecule has 12 nitrogen and oxygen atoms in total. The number of hydrogen-bond donors (Lipinski definition) is 2. The zero-order chi connectivity index (χ0) is 41.6. The Balaban J connectivity index is 1.25. The van der Waals surface area contributed by atoms with E-state index in [0.717, 1.165) is 31.3 Å². The molecule has 3 saturated heterocycles. The van der Waals surface area contributed by atoms with Gasteiger partial charge in [0.1, 0.15) is 35.9 Å². The first-order valence-corrected chi connectivity index (χ1v) is 21.4. The van der Waals surface area contributed by atoms with Crippen LogP contribution in [-0.2, 0) is 38.7 Å². The summed E-state index contributed by atoms with van der Waals surface area (Å²) in [7, 11) is 0. The Labute approximate surface area is 341 Å². The molecule has 0 radical (unpaired) electrons. The number of carbonyl (C=O) groups excluding carboxylic acids is 2. The van der Waals surface area contributed by atoms with E-state index < -0.39 is 64.1 Å². The minimum Gasteiger partial charge on any atom is -0.462 e. The molecule has 1 spiro atoms. The molecule has 6 aliphatic rings. The van der Waals surface area contributed by atoms with Gasteiger partial charge >= 0.3 is 11.9 Å². The number of aliphatic hydroxyl groups excluding tert-OH is 1. The molecule has 2 bridgehead atoms. The number of rotatable bonds is 6. The third kappa shape index (κ3) is 7.87. The van der Waals surface area contributed by atoms with Crippen LogP contribution in [0.15, 0.2) is 71.4 Å². The van der Waals surface area contributed by atoms with Crippen molar-refractivity contribution in [1.29, 1.82) is 0 Å². The number of non-ortho nitro benzene ring substituents is 1. The van der Waals surface area contributed by atoms with Crippen LogP contribution in [0.2, 0.25) is 0 Å². The Hall–Kier alpha value is -3.68. The van der Waals surface area contributed by atoms with Crippen LogP contribution in [0.1, 0.15) is 111 Å². The molecular weight excluding hydrogens is 743 g/mol. The Morgan fingerprint density at radius 2 is 1.79 bits per heavy atom. The van der Waals surface area contributed by atoms with Crippen LogP contribution in [0.4, 0.5) is 5.69 Å². The molecule has 4 fully saturated rings. The highest BCUT2D eigenvalue weighted by Gasteiger charge is 2.60. The minimum absolute atomic E-state index is 0.00246. The predicted octanol–water partition coefficient (Wildman–Crippen LogP) is 7.50. The largest absolute Gasteiger partial charge is 0.462 e. The van der Waals surface area contributed by atoms with Crippen molar-refractivity contribution in [2.24, 2.45) is 23.7 Å². The smallest absolute Gasteiger partial charge is 0.317 e. The molecule has 1 saturated carbocycles. The number of carbonyl (C=O) groups is 2. The molecule has 4 aliphatic heterocycles. The molecule has 2 aliphatic carbocycles. The van der Waals surface area contributed by atoms with Crippen LogP contribution < -0.4 is 0 Å².